The number of alkyl halides is 3. The summed E-state index contributed by atoms with van der Waals surface area (Å²) in [6.07, 6.45) is -4.18. The van der Waals surface area contributed by atoms with Crippen LogP contribution in [0.4, 0.5) is 25.1 Å². The summed E-state index contributed by atoms with van der Waals surface area (Å²) in [5.41, 5.74) is 14.6. The smallest absolute Gasteiger partial charge is 0.416 e. The second kappa shape index (κ2) is 10.6. The number of carboxylic acids is 1. The summed E-state index contributed by atoms with van der Waals surface area (Å²) in [5.74, 6) is -0.422. The van der Waals surface area contributed by atoms with Gasteiger partial charge in [-0.05, 0) is 40.8 Å². The third-order valence-electron chi connectivity index (χ3n) is 5.59. The van der Waals surface area contributed by atoms with Crippen molar-refractivity contribution in [2.24, 2.45) is 5.73 Å². The molecule has 0 radical (unpaired) electrons. The molecule has 0 amide bonds. The molecule has 3 aromatic carbocycles. The Kier molecular flexibility index (Phi) is 7.35. The van der Waals surface area contributed by atoms with Gasteiger partial charge in [-0.25, -0.2) is 0 Å². The summed E-state index contributed by atoms with van der Waals surface area (Å²) < 4.78 is 38.3. The fraction of sp³-hybridized carbons (Fsp3) is 0.154. The average Bonchev–Trinajstić information content (AvgIpc) is 2.87. The van der Waals surface area contributed by atoms with Gasteiger partial charge in [0.05, 0.1) is 5.56 Å². The molecular weight excluding hydrogens is 485 g/mol. The highest BCUT2D eigenvalue weighted by molar-refractivity contribution is 5.73. The van der Waals surface area contributed by atoms with Gasteiger partial charge in [0.15, 0.2) is 5.82 Å². The van der Waals surface area contributed by atoms with Crippen molar-refractivity contribution in [3.05, 3.63) is 89.5 Å². The van der Waals surface area contributed by atoms with Crippen molar-refractivity contribution < 1.29 is 23.1 Å². The van der Waals surface area contributed by atoms with E-state index in [9.17, 15) is 18.0 Å². The van der Waals surface area contributed by atoms with Gasteiger partial charge in [0.1, 0.15) is 6.04 Å². The number of aromatic nitrogens is 3. The van der Waals surface area contributed by atoms with Crippen LogP contribution < -0.4 is 16.8 Å². The number of benzene rings is 3. The van der Waals surface area contributed by atoms with Crippen LogP contribution in [0.3, 0.4) is 0 Å². The number of carbonyl (C=O) groups is 1. The second-order valence-corrected chi connectivity index (χ2v) is 8.31. The standard InChI is InChI=1S/C26H23F3N6O2/c27-26(28,29)20-11-9-18(10-12-20)17-5-3-16(4-6-17)14-32-25-34-22(33-24(31)35-25)19-7-1-15(2-8-19)13-21(30)23(36)37/h1-12,21H,13-14,30H2,(H,36,37)(H3,31,32,33,34,35)/t21-/m0/s1. The van der Waals surface area contributed by atoms with Gasteiger partial charge < -0.3 is 21.9 Å². The van der Waals surface area contributed by atoms with E-state index in [1.54, 1.807) is 24.3 Å². The molecule has 1 atom stereocenters. The van der Waals surface area contributed by atoms with Gasteiger partial charge in [-0.3, -0.25) is 4.79 Å². The summed E-state index contributed by atoms with van der Waals surface area (Å²) in [7, 11) is 0. The van der Waals surface area contributed by atoms with Crippen molar-refractivity contribution in [1.82, 2.24) is 15.0 Å². The van der Waals surface area contributed by atoms with Crippen molar-refractivity contribution in [3.8, 4) is 22.5 Å². The van der Waals surface area contributed by atoms with Crippen LogP contribution in [0.1, 0.15) is 16.7 Å². The number of halogens is 3. The van der Waals surface area contributed by atoms with Gasteiger partial charge in [0.2, 0.25) is 11.9 Å². The highest BCUT2D eigenvalue weighted by Gasteiger charge is 2.29. The largest absolute Gasteiger partial charge is 0.480 e. The number of nitrogens with two attached hydrogens (primary N) is 2. The van der Waals surface area contributed by atoms with E-state index in [0.717, 1.165) is 28.8 Å². The van der Waals surface area contributed by atoms with E-state index < -0.39 is 23.8 Å². The molecule has 1 aromatic heterocycles. The van der Waals surface area contributed by atoms with Crippen LogP contribution in [-0.2, 0) is 23.9 Å². The number of nitrogens with zero attached hydrogens (tertiary/aromatic N) is 3. The molecule has 0 aliphatic heterocycles. The maximum absolute atomic E-state index is 12.8. The number of anilines is 2. The Bertz CT molecular complexity index is 1380. The molecule has 0 spiro atoms. The van der Waals surface area contributed by atoms with E-state index in [2.05, 4.69) is 20.3 Å². The molecule has 6 N–H and O–H groups in total. The molecule has 1 heterocycles. The first-order valence-corrected chi connectivity index (χ1v) is 11.2. The Morgan fingerprint density at radius 3 is 1.95 bits per heavy atom. The Hall–Kier alpha value is -4.51. The molecule has 0 bridgehead atoms. The predicted molar refractivity (Wildman–Crippen MR) is 133 cm³/mol. The van der Waals surface area contributed by atoms with Gasteiger partial charge in [-0.1, -0.05) is 60.7 Å². The summed E-state index contributed by atoms with van der Waals surface area (Å²) in [6.45, 7) is 0.377. The minimum Gasteiger partial charge on any atom is -0.480 e. The summed E-state index contributed by atoms with van der Waals surface area (Å²) >= 11 is 0. The molecule has 0 fully saturated rings. The molecule has 8 nitrogen and oxygen atoms in total. The minimum atomic E-state index is -4.37. The van der Waals surface area contributed by atoms with Crippen molar-refractivity contribution in [2.75, 3.05) is 11.1 Å². The van der Waals surface area contributed by atoms with E-state index in [4.69, 9.17) is 16.6 Å². The number of hydrogen-bond acceptors (Lipinski definition) is 7. The molecule has 0 saturated carbocycles. The summed E-state index contributed by atoms with van der Waals surface area (Å²) in [5, 5.41) is 12.1. The summed E-state index contributed by atoms with van der Waals surface area (Å²) in [6, 6.07) is 18.4. The summed E-state index contributed by atoms with van der Waals surface area (Å²) in [4.78, 5) is 23.6. The molecule has 11 heteroatoms. The minimum absolute atomic E-state index is 0.0297. The lowest BCUT2D eigenvalue weighted by molar-refractivity contribution is -0.139. The Balaban J connectivity index is 1.42. The molecular formula is C26H23F3N6O2. The van der Waals surface area contributed by atoms with Crippen molar-refractivity contribution in [2.45, 2.75) is 25.2 Å². The van der Waals surface area contributed by atoms with E-state index >= 15 is 0 Å². The second-order valence-electron chi connectivity index (χ2n) is 8.31. The van der Waals surface area contributed by atoms with E-state index in [1.807, 2.05) is 24.3 Å². The van der Waals surface area contributed by atoms with Gasteiger partial charge in [-0.15, -0.1) is 0 Å². The zero-order valence-electron chi connectivity index (χ0n) is 19.4. The van der Waals surface area contributed by atoms with Crippen LogP contribution in [0.25, 0.3) is 22.5 Å². The lowest BCUT2D eigenvalue weighted by atomic mass is 10.0. The maximum atomic E-state index is 12.8. The third kappa shape index (κ3) is 6.58. The number of hydrogen-bond donors (Lipinski definition) is 4. The van der Waals surface area contributed by atoms with Crippen LogP contribution in [0.2, 0.25) is 0 Å². The highest BCUT2D eigenvalue weighted by atomic mass is 19.4. The molecule has 0 aliphatic carbocycles. The Labute approximate surface area is 210 Å². The first kappa shape index (κ1) is 25.6. The quantitative estimate of drug-likeness (QED) is 0.275. The zero-order valence-corrected chi connectivity index (χ0v) is 19.4. The SMILES string of the molecule is Nc1nc(NCc2ccc(-c3ccc(C(F)(F)F)cc3)cc2)nc(-c2ccc(C[C@H](N)C(=O)O)cc2)n1. The lowest BCUT2D eigenvalue weighted by Gasteiger charge is -2.10. The Morgan fingerprint density at radius 1 is 0.838 bits per heavy atom. The van der Waals surface area contributed by atoms with E-state index in [1.165, 1.54) is 12.1 Å². The van der Waals surface area contributed by atoms with Crippen LogP contribution in [0.5, 0.6) is 0 Å². The van der Waals surface area contributed by atoms with Gasteiger partial charge in [-0.2, -0.15) is 28.1 Å². The maximum Gasteiger partial charge on any atom is 0.416 e. The van der Waals surface area contributed by atoms with Crippen LogP contribution >= 0.6 is 0 Å². The van der Waals surface area contributed by atoms with Crippen molar-refractivity contribution in [3.63, 3.8) is 0 Å². The predicted octanol–water partition coefficient (Wildman–Crippen LogP) is 4.37. The molecule has 0 unspecified atom stereocenters. The molecule has 0 saturated heterocycles. The molecule has 0 aliphatic rings. The van der Waals surface area contributed by atoms with Crippen LogP contribution in [-0.4, -0.2) is 32.1 Å². The van der Waals surface area contributed by atoms with Crippen molar-refractivity contribution >= 4 is 17.9 Å². The third-order valence-corrected chi connectivity index (χ3v) is 5.59. The normalized spacial score (nSPS) is 12.2. The number of aliphatic carboxylic acids is 1. The van der Waals surface area contributed by atoms with E-state index in [-0.39, 0.29) is 18.3 Å². The van der Waals surface area contributed by atoms with Gasteiger partial charge >= 0.3 is 12.1 Å². The van der Waals surface area contributed by atoms with Gasteiger partial charge in [0, 0.05) is 12.1 Å². The fourth-order valence-corrected chi connectivity index (χ4v) is 3.58. The first-order valence-electron chi connectivity index (χ1n) is 11.2. The number of nitrogens with one attached hydrogen (secondary N) is 1. The number of carboxylic acid groups (broad SMARTS) is 1. The molecule has 4 rings (SSSR count). The van der Waals surface area contributed by atoms with Crippen LogP contribution in [0, 0.1) is 0 Å². The number of nitrogen functional groups attached to an aromatic ring is 1. The topological polar surface area (TPSA) is 140 Å². The molecule has 190 valence electrons. The zero-order chi connectivity index (χ0) is 26.6. The van der Waals surface area contributed by atoms with Crippen molar-refractivity contribution in [1.29, 1.82) is 0 Å². The number of rotatable bonds is 8. The Morgan fingerprint density at radius 2 is 1.38 bits per heavy atom. The average molecular weight is 509 g/mol. The van der Waals surface area contributed by atoms with E-state index in [0.29, 0.717) is 23.5 Å². The first-order chi connectivity index (χ1) is 17.6. The molecule has 4 aromatic rings. The molecule has 37 heavy (non-hydrogen) atoms. The van der Waals surface area contributed by atoms with Gasteiger partial charge in [0.25, 0.3) is 0 Å². The fourth-order valence-electron chi connectivity index (χ4n) is 3.58. The van der Waals surface area contributed by atoms with Crippen LogP contribution in [0.15, 0.2) is 72.8 Å². The monoisotopic (exact) mass is 508 g/mol. The highest BCUT2D eigenvalue weighted by Crippen LogP contribution is 2.31. The lowest BCUT2D eigenvalue weighted by Crippen LogP contribution is -2.32.